The Labute approximate surface area is 67.7 Å². The molecule has 3 nitrogen and oxygen atoms in total. The van der Waals surface area contributed by atoms with Gasteiger partial charge in [0.15, 0.2) is 9.84 Å². The van der Waals surface area contributed by atoms with Crippen molar-refractivity contribution in [3.63, 3.8) is 0 Å². The monoisotopic (exact) mass is 178 g/mol. The lowest BCUT2D eigenvalue weighted by molar-refractivity contribution is 0.337. The van der Waals surface area contributed by atoms with E-state index in [0.717, 1.165) is 0 Å². The molecule has 0 aliphatic rings. The molecule has 0 aromatic rings. The Kier molecular flexibility index (Phi) is 2.85. The van der Waals surface area contributed by atoms with Gasteiger partial charge in [-0.15, -0.1) is 0 Å². The van der Waals surface area contributed by atoms with E-state index in [1.54, 1.807) is 20.8 Å². The summed E-state index contributed by atoms with van der Waals surface area (Å²) in [4.78, 5) is -0.120. The van der Waals surface area contributed by atoms with E-state index in [9.17, 15) is 8.42 Å². The third kappa shape index (κ3) is 2.04. The predicted octanol–water partition coefficient (Wildman–Crippen LogP) is 0.706. The zero-order valence-electron chi connectivity index (χ0n) is 7.09. The Morgan fingerprint density at radius 3 is 1.91 bits per heavy atom. The first-order chi connectivity index (χ1) is 4.73. The molecule has 0 aromatic carbocycles. The van der Waals surface area contributed by atoms with Crippen molar-refractivity contribution < 1.29 is 13.5 Å². The Bertz CT molecular complexity index is 243. The molecule has 0 amide bonds. The number of rotatable bonds is 2. The van der Waals surface area contributed by atoms with E-state index in [1.165, 1.54) is 0 Å². The maximum Gasteiger partial charge on any atom is 0.181 e. The van der Waals surface area contributed by atoms with Crippen LogP contribution in [0.25, 0.3) is 0 Å². The van der Waals surface area contributed by atoms with Gasteiger partial charge >= 0.3 is 0 Å². The second-order valence-corrected chi connectivity index (χ2v) is 6.12. The Hall–Kier alpha value is -0.350. The lowest BCUT2D eigenvalue weighted by Gasteiger charge is -2.19. The molecule has 0 aromatic heterocycles. The second-order valence-electron chi connectivity index (χ2n) is 3.31. The topological polar surface area (TPSA) is 54.4 Å². The van der Waals surface area contributed by atoms with Crippen molar-refractivity contribution in [2.24, 2.45) is 0 Å². The van der Waals surface area contributed by atoms with Gasteiger partial charge in [0.25, 0.3) is 0 Å². The van der Waals surface area contributed by atoms with Crippen LogP contribution in [0.15, 0.2) is 11.5 Å². The summed E-state index contributed by atoms with van der Waals surface area (Å²) in [5.41, 5.74) is 0. The van der Waals surface area contributed by atoms with Gasteiger partial charge in [-0.25, -0.2) is 8.42 Å². The van der Waals surface area contributed by atoms with Crippen molar-refractivity contribution in [1.29, 1.82) is 0 Å². The average molecular weight is 178 g/mol. The zero-order valence-corrected chi connectivity index (χ0v) is 7.90. The fraction of sp³-hybridized carbons (Fsp3) is 0.714. The van der Waals surface area contributed by atoms with Crippen LogP contribution in [0.1, 0.15) is 20.8 Å². The van der Waals surface area contributed by atoms with Gasteiger partial charge in [-0.3, -0.25) is 0 Å². The number of aliphatic hydroxyl groups is 1. The van der Waals surface area contributed by atoms with Crippen LogP contribution < -0.4 is 0 Å². The van der Waals surface area contributed by atoms with E-state index in [2.05, 4.69) is 6.58 Å². The number of aliphatic hydroxyl groups excluding tert-OH is 1. The number of hydrogen-bond acceptors (Lipinski definition) is 3. The van der Waals surface area contributed by atoms with E-state index in [4.69, 9.17) is 5.11 Å². The van der Waals surface area contributed by atoms with Crippen molar-refractivity contribution in [1.82, 2.24) is 0 Å². The predicted molar refractivity (Wildman–Crippen MR) is 44.9 cm³/mol. The molecule has 0 rings (SSSR count). The lowest BCUT2D eigenvalue weighted by atomic mass is 10.3. The zero-order chi connectivity index (χ0) is 9.28. The van der Waals surface area contributed by atoms with Gasteiger partial charge < -0.3 is 5.11 Å². The molecule has 0 saturated carbocycles. The summed E-state index contributed by atoms with van der Waals surface area (Å²) in [6.07, 6.45) is 0. The molecule has 0 spiro atoms. The molecule has 4 heteroatoms. The van der Waals surface area contributed by atoms with Crippen molar-refractivity contribution in [2.45, 2.75) is 25.5 Å². The fourth-order valence-corrected chi connectivity index (χ4v) is 1.55. The van der Waals surface area contributed by atoms with Gasteiger partial charge in [0, 0.05) is 0 Å². The minimum atomic E-state index is -3.37. The van der Waals surface area contributed by atoms with Crippen LogP contribution in [-0.2, 0) is 9.84 Å². The SMILES string of the molecule is C=C(CO)S(=O)(=O)C(C)(C)C. The van der Waals surface area contributed by atoms with E-state index < -0.39 is 21.2 Å². The highest BCUT2D eigenvalue weighted by atomic mass is 32.2. The van der Waals surface area contributed by atoms with Crippen molar-refractivity contribution >= 4 is 9.84 Å². The number of hydrogen-bond donors (Lipinski definition) is 1. The lowest BCUT2D eigenvalue weighted by Crippen LogP contribution is -2.29. The van der Waals surface area contributed by atoms with Gasteiger partial charge in [0.2, 0.25) is 0 Å². The summed E-state index contributed by atoms with van der Waals surface area (Å²) in [6, 6.07) is 0. The van der Waals surface area contributed by atoms with Crippen molar-refractivity contribution in [2.75, 3.05) is 6.61 Å². The van der Waals surface area contributed by atoms with Crippen LogP contribution >= 0.6 is 0 Å². The molecule has 0 unspecified atom stereocenters. The molecule has 66 valence electrons. The first-order valence-electron chi connectivity index (χ1n) is 3.26. The van der Waals surface area contributed by atoms with Gasteiger partial charge in [-0.2, -0.15) is 0 Å². The Morgan fingerprint density at radius 2 is 1.82 bits per heavy atom. The highest BCUT2D eigenvalue weighted by Crippen LogP contribution is 2.21. The minimum Gasteiger partial charge on any atom is -0.391 e. The standard InChI is InChI=1S/C7H14O3S/c1-6(5-8)11(9,10)7(2,3)4/h8H,1,5H2,2-4H3. The molecule has 0 radical (unpaired) electrons. The maximum atomic E-state index is 11.3. The first kappa shape index (κ1) is 10.7. The average Bonchev–Trinajstić information content (AvgIpc) is 1.83. The van der Waals surface area contributed by atoms with Crippen LogP contribution in [-0.4, -0.2) is 24.9 Å². The van der Waals surface area contributed by atoms with Gasteiger partial charge in [0.05, 0.1) is 16.3 Å². The van der Waals surface area contributed by atoms with Crippen LogP contribution in [0.3, 0.4) is 0 Å². The highest BCUT2D eigenvalue weighted by molar-refractivity contribution is 7.96. The van der Waals surface area contributed by atoms with E-state index in [1.807, 2.05) is 0 Å². The summed E-state index contributed by atoms with van der Waals surface area (Å²) in [6.45, 7) is 7.49. The van der Waals surface area contributed by atoms with Gasteiger partial charge in [-0.05, 0) is 20.8 Å². The van der Waals surface area contributed by atoms with E-state index >= 15 is 0 Å². The second kappa shape index (κ2) is 2.95. The summed E-state index contributed by atoms with van der Waals surface area (Å²) >= 11 is 0. The first-order valence-corrected chi connectivity index (χ1v) is 4.75. The van der Waals surface area contributed by atoms with E-state index in [-0.39, 0.29) is 4.91 Å². The maximum absolute atomic E-state index is 11.3. The van der Waals surface area contributed by atoms with Gasteiger partial charge in [0.1, 0.15) is 0 Å². The van der Waals surface area contributed by atoms with Crippen molar-refractivity contribution in [3.8, 4) is 0 Å². The molecule has 11 heavy (non-hydrogen) atoms. The molecule has 1 N–H and O–H groups in total. The van der Waals surface area contributed by atoms with Crippen LogP contribution in [0, 0.1) is 0 Å². The minimum absolute atomic E-state index is 0.120. The van der Waals surface area contributed by atoms with Crippen LogP contribution in [0.2, 0.25) is 0 Å². The molecular weight excluding hydrogens is 164 g/mol. The highest BCUT2D eigenvalue weighted by Gasteiger charge is 2.30. The summed E-state index contributed by atoms with van der Waals surface area (Å²) in [7, 11) is -3.37. The van der Waals surface area contributed by atoms with E-state index in [0.29, 0.717) is 0 Å². The smallest absolute Gasteiger partial charge is 0.181 e. The summed E-state index contributed by atoms with van der Waals surface area (Å²) in [5, 5.41) is 8.56. The molecule has 0 bridgehead atoms. The molecule has 0 heterocycles. The van der Waals surface area contributed by atoms with Crippen LogP contribution in [0.4, 0.5) is 0 Å². The van der Waals surface area contributed by atoms with Gasteiger partial charge in [-0.1, -0.05) is 6.58 Å². The summed E-state index contributed by atoms with van der Waals surface area (Å²) < 4.78 is 21.8. The third-order valence-corrected chi connectivity index (χ3v) is 3.86. The molecule has 0 fully saturated rings. The third-order valence-electron chi connectivity index (χ3n) is 1.36. The molecule has 0 aliphatic heterocycles. The fourth-order valence-electron chi connectivity index (χ4n) is 0.518. The normalized spacial score (nSPS) is 13.1. The van der Waals surface area contributed by atoms with Crippen LogP contribution in [0.5, 0.6) is 0 Å². The number of sulfone groups is 1. The Morgan fingerprint density at radius 1 is 1.45 bits per heavy atom. The summed E-state index contributed by atoms with van der Waals surface area (Å²) in [5.74, 6) is 0. The van der Waals surface area contributed by atoms with Crippen molar-refractivity contribution in [3.05, 3.63) is 11.5 Å². The molecule has 0 atom stereocenters. The largest absolute Gasteiger partial charge is 0.391 e. The molecular formula is C7H14O3S. The molecule has 0 aliphatic carbocycles. The Balaban J connectivity index is 4.93. The molecule has 0 saturated heterocycles. The quantitative estimate of drug-likeness (QED) is 0.677.